The molecule has 4 heteroatoms. The first-order valence-corrected chi connectivity index (χ1v) is 6.89. The van der Waals surface area contributed by atoms with Crippen molar-refractivity contribution in [2.24, 2.45) is 5.92 Å². The standard InChI is InChI=1S/C15H22N2O2/c1-12(18)17-15-4-2-13(3-5-15)10-16-11-14-6-8-19-9-7-14/h2-5,14,16H,6-11H2,1H3,(H,17,18). The summed E-state index contributed by atoms with van der Waals surface area (Å²) in [7, 11) is 0. The van der Waals surface area contributed by atoms with E-state index in [-0.39, 0.29) is 5.91 Å². The van der Waals surface area contributed by atoms with Crippen LogP contribution in [0.5, 0.6) is 0 Å². The summed E-state index contributed by atoms with van der Waals surface area (Å²) >= 11 is 0. The number of ether oxygens (including phenoxy) is 1. The van der Waals surface area contributed by atoms with E-state index in [0.717, 1.165) is 50.8 Å². The molecule has 0 saturated carbocycles. The first-order valence-electron chi connectivity index (χ1n) is 6.89. The second-order valence-electron chi connectivity index (χ2n) is 5.06. The van der Waals surface area contributed by atoms with E-state index >= 15 is 0 Å². The number of rotatable bonds is 5. The van der Waals surface area contributed by atoms with Crippen LogP contribution < -0.4 is 10.6 Å². The van der Waals surface area contributed by atoms with E-state index in [1.165, 1.54) is 12.5 Å². The molecule has 2 rings (SSSR count). The maximum atomic E-state index is 10.9. The van der Waals surface area contributed by atoms with Gasteiger partial charge in [0.05, 0.1) is 0 Å². The Bertz CT molecular complexity index is 397. The fraction of sp³-hybridized carbons (Fsp3) is 0.533. The van der Waals surface area contributed by atoms with Crippen LogP contribution in [-0.4, -0.2) is 25.7 Å². The molecule has 0 spiro atoms. The highest BCUT2D eigenvalue weighted by Crippen LogP contribution is 2.14. The Hall–Kier alpha value is -1.39. The van der Waals surface area contributed by atoms with Gasteiger partial charge in [0, 0.05) is 32.4 Å². The number of anilines is 1. The Morgan fingerprint density at radius 1 is 1.26 bits per heavy atom. The molecule has 104 valence electrons. The van der Waals surface area contributed by atoms with Crippen LogP contribution in [0.15, 0.2) is 24.3 Å². The lowest BCUT2D eigenvalue weighted by Gasteiger charge is -2.22. The number of hydrogen-bond donors (Lipinski definition) is 2. The molecule has 0 radical (unpaired) electrons. The van der Waals surface area contributed by atoms with Crippen LogP contribution in [-0.2, 0) is 16.1 Å². The molecule has 0 atom stereocenters. The van der Waals surface area contributed by atoms with Gasteiger partial charge >= 0.3 is 0 Å². The molecule has 1 heterocycles. The van der Waals surface area contributed by atoms with Crippen molar-refractivity contribution in [1.29, 1.82) is 0 Å². The van der Waals surface area contributed by atoms with E-state index in [4.69, 9.17) is 4.74 Å². The maximum absolute atomic E-state index is 10.9. The summed E-state index contributed by atoms with van der Waals surface area (Å²) in [4.78, 5) is 10.9. The quantitative estimate of drug-likeness (QED) is 0.855. The van der Waals surface area contributed by atoms with Crippen LogP contribution in [0.1, 0.15) is 25.3 Å². The maximum Gasteiger partial charge on any atom is 0.221 e. The Labute approximate surface area is 114 Å². The van der Waals surface area contributed by atoms with E-state index in [1.54, 1.807) is 0 Å². The zero-order valence-corrected chi connectivity index (χ0v) is 11.4. The van der Waals surface area contributed by atoms with Crippen LogP contribution in [0.4, 0.5) is 5.69 Å². The van der Waals surface area contributed by atoms with Crippen LogP contribution in [0.25, 0.3) is 0 Å². The second kappa shape index (κ2) is 7.26. The average Bonchev–Trinajstić information content (AvgIpc) is 2.41. The predicted molar refractivity (Wildman–Crippen MR) is 76.0 cm³/mol. The summed E-state index contributed by atoms with van der Waals surface area (Å²) in [5, 5.41) is 6.26. The molecule has 0 aromatic heterocycles. The van der Waals surface area contributed by atoms with Gasteiger partial charge in [-0.3, -0.25) is 4.79 Å². The van der Waals surface area contributed by atoms with Crippen LogP contribution in [0.2, 0.25) is 0 Å². The van der Waals surface area contributed by atoms with Crippen LogP contribution in [0, 0.1) is 5.92 Å². The third-order valence-electron chi connectivity index (χ3n) is 3.38. The third-order valence-corrected chi connectivity index (χ3v) is 3.38. The lowest BCUT2D eigenvalue weighted by Crippen LogP contribution is -2.27. The molecule has 0 aliphatic carbocycles. The predicted octanol–water partition coefficient (Wildman–Crippen LogP) is 2.16. The Morgan fingerprint density at radius 2 is 1.95 bits per heavy atom. The van der Waals surface area contributed by atoms with Gasteiger partial charge in [0.1, 0.15) is 0 Å². The molecule has 1 aliphatic heterocycles. The summed E-state index contributed by atoms with van der Waals surface area (Å²) in [6, 6.07) is 7.96. The zero-order chi connectivity index (χ0) is 13.5. The molecule has 1 fully saturated rings. The molecule has 2 N–H and O–H groups in total. The minimum atomic E-state index is -0.0367. The SMILES string of the molecule is CC(=O)Nc1ccc(CNCC2CCOCC2)cc1. The van der Waals surface area contributed by atoms with Crippen molar-refractivity contribution in [3.05, 3.63) is 29.8 Å². The summed E-state index contributed by atoms with van der Waals surface area (Å²) in [6.07, 6.45) is 2.32. The zero-order valence-electron chi connectivity index (χ0n) is 11.4. The number of carbonyl (C=O) groups is 1. The van der Waals surface area contributed by atoms with Gasteiger partial charge < -0.3 is 15.4 Å². The molecule has 1 saturated heterocycles. The molecule has 1 aromatic carbocycles. The van der Waals surface area contributed by atoms with E-state index in [9.17, 15) is 4.79 Å². The molecule has 1 amide bonds. The minimum Gasteiger partial charge on any atom is -0.381 e. The number of carbonyl (C=O) groups excluding carboxylic acids is 1. The van der Waals surface area contributed by atoms with Crippen molar-refractivity contribution in [3.63, 3.8) is 0 Å². The smallest absolute Gasteiger partial charge is 0.221 e. The summed E-state index contributed by atoms with van der Waals surface area (Å²) in [5.41, 5.74) is 2.09. The van der Waals surface area contributed by atoms with Gasteiger partial charge in [-0.15, -0.1) is 0 Å². The number of hydrogen-bond acceptors (Lipinski definition) is 3. The normalized spacial score (nSPS) is 16.3. The second-order valence-corrected chi connectivity index (χ2v) is 5.06. The van der Waals surface area contributed by atoms with Gasteiger partial charge in [-0.25, -0.2) is 0 Å². The van der Waals surface area contributed by atoms with Gasteiger partial charge in [-0.1, -0.05) is 12.1 Å². The van der Waals surface area contributed by atoms with E-state index in [1.807, 2.05) is 24.3 Å². The Kier molecular flexibility index (Phi) is 5.36. The van der Waals surface area contributed by atoms with Gasteiger partial charge in [0.2, 0.25) is 5.91 Å². The molecule has 19 heavy (non-hydrogen) atoms. The first-order chi connectivity index (χ1) is 9.24. The van der Waals surface area contributed by atoms with Crippen molar-refractivity contribution in [2.45, 2.75) is 26.3 Å². The lowest BCUT2D eigenvalue weighted by atomic mass is 10.0. The van der Waals surface area contributed by atoms with Gasteiger partial charge in [-0.2, -0.15) is 0 Å². The summed E-state index contributed by atoms with van der Waals surface area (Å²) < 4.78 is 5.35. The first kappa shape index (κ1) is 14.0. The minimum absolute atomic E-state index is 0.0367. The van der Waals surface area contributed by atoms with Crippen molar-refractivity contribution in [1.82, 2.24) is 5.32 Å². The number of amides is 1. The highest BCUT2D eigenvalue weighted by molar-refractivity contribution is 5.88. The third kappa shape index (κ3) is 5.01. The van der Waals surface area contributed by atoms with E-state index in [0.29, 0.717) is 0 Å². The molecule has 4 nitrogen and oxygen atoms in total. The van der Waals surface area contributed by atoms with Gasteiger partial charge in [-0.05, 0) is 43.0 Å². The summed E-state index contributed by atoms with van der Waals surface area (Å²) in [6.45, 7) is 5.24. The van der Waals surface area contributed by atoms with Crippen molar-refractivity contribution < 1.29 is 9.53 Å². The molecular weight excluding hydrogens is 240 g/mol. The van der Waals surface area contributed by atoms with Crippen molar-refractivity contribution in [2.75, 3.05) is 25.1 Å². The summed E-state index contributed by atoms with van der Waals surface area (Å²) in [5.74, 6) is 0.706. The molecule has 0 unspecified atom stereocenters. The molecule has 1 aliphatic rings. The van der Waals surface area contributed by atoms with Crippen LogP contribution in [0.3, 0.4) is 0 Å². The average molecular weight is 262 g/mol. The van der Waals surface area contributed by atoms with Crippen molar-refractivity contribution in [3.8, 4) is 0 Å². The molecule has 0 bridgehead atoms. The molecular formula is C15H22N2O2. The Balaban J connectivity index is 1.71. The van der Waals surface area contributed by atoms with Crippen LogP contribution >= 0.6 is 0 Å². The molecule has 1 aromatic rings. The largest absolute Gasteiger partial charge is 0.381 e. The fourth-order valence-corrected chi connectivity index (χ4v) is 2.28. The van der Waals surface area contributed by atoms with Crippen molar-refractivity contribution >= 4 is 11.6 Å². The highest BCUT2D eigenvalue weighted by Gasteiger charge is 2.12. The van der Waals surface area contributed by atoms with Gasteiger partial charge in [0.15, 0.2) is 0 Å². The topological polar surface area (TPSA) is 50.4 Å². The van der Waals surface area contributed by atoms with E-state index in [2.05, 4.69) is 10.6 Å². The number of benzene rings is 1. The number of nitrogens with one attached hydrogen (secondary N) is 2. The fourth-order valence-electron chi connectivity index (χ4n) is 2.28. The van der Waals surface area contributed by atoms with Gasteiger partial charge in [0.25, 0.3) is 0 Å². The monoisotopic (exact) mass is 262 g/mol. The lowest BCUT2D eigenvalue weighted by molar-refractivity contribution is -0.114. The van der Waals surface area contributed by atoms with E-state index < -0.39 is 0 Å². The highest BCUT2D eigenvalue weighted by atomic mass is 16.5. The Morgan fingerprint density at radius 3 is 2.58 bits per heavy atom.